The number of rotatable bonds is 14. The lowest BCUT2D eigenvalue weighted by molar-refractivity contribution is -0.890. The van der Waals surface area contributed by atoms with Crippen LogP contribution in [0.3, 0.4) is 0 Å². The number of nitrogens with one attached hydrogen (secondary N) is 1. The van der Waals surface area contributed by atoms with Gasteiger partial charge in [0.15, 0.2) is 0 Å². The highest BCUT2D eigenvalue weighted by atomic mass is 16.6. The summed E-state index contributed by atoms with van der Waals surface area (Å²) in [5.74, 6) is -0.334. The van der Waals surface area contributed by atoms with E-state index in [1.54, 1.807) is 24.3 Å². The van der Waals surface area contributed by atoms with Crippen molar-refractivity contribution in [2.24, 2.45) is 0 Å². The summed E-state index contributed by atoms with van der Waals surface area (Å²) in [6.45, 7) is 5.41. The van der Waals surface area contributed by atoms with Crippen molar-refractivity contribution in [1.29, 1.82) is 0 Å². The Morgan fingerprint density at radius 1 is 0.756 bits per heavy atom. The summed E-state index contributed by atoms with van der Waals surface area (Å²) in [4.78, 5) is 42.0. The first-order chi connectivity index (χ1) is 21.8. The first kappa shape index (κ1) is 32.4. The highest BCUT2D eigenvalue weighted by Crippen LogP contribution is 2.24. The molecule has 238 valence electrons. The van der Waals surface area contributed by atoms with Crippen LogP contribution in [0.1, 0.15) is 76.4 Å². The molecule has 0 radical (unpaired) electrons. The molecule has 0 bridgehead atoms. The molecule has 3 aromatic rings. The molecule has 5 rings (SSSR count). The number of unbranched alkanes of at least 4 members (excludes halogenated alkanes) is 2. The van der Waals surface area contributed by atoms with Gasteiger partial charge in [-0.3, -0.25) is 14.5 Å². The number of ether oxygens (including phenoxy) is 1. The number of benzene rings is 3. The van der Waals surface area contributed by atoms with Gasteiger partial charge in [-0.15, -0.1) is 0 Å². The zero-order chi connectivity index (χ0) is 31.6. The molecule has 1 N–H and O–H groups in total. The first-order valence-electron chi connectivity index (χ1n) is 16.4. The summed E-state index contributed by atoms with van der Waals surface area (Å²) < 4.78 is 6.75. The maximum Gasteiger partial charge on any atom is 0.408 e. The Balaban J connectivity index is 0.950. The number of quaternary nitrogens is 1. The highest BCUT2D eigenvalue weighted by Gasteiger charge is 2.35. The van der Waals surface area contributed by atoms with Crippen LogP contribution in [0.15, 0.2) is 84.9 Å². The number of carbonyl (C=O) groups excluding carboxylic acids is 3. The fourth-order valence-electron chi connectivity index (χ4n) is 6.47. The summed E-state index contributed by atoms with van der Waals surface area (Å²) in [6.07, 6.45) is 5.53. The van der Waals surface area contributed by atoms with Crippen molar-refractivity contribution in [3.05, 3.63) is 107 Å². The number of fused-ring (bicyclic) bond motifs is 1. The van der Waals surface area contributed by atoms with E-state index in [1.165, 1.54) is 11.3 Å². The van der Waals surface area contributed by atoms with E-state index in [9.17, 15) is 14.4 Å². The van der Waals surface area contributed by atoms with Gasteiger partial charge in [0.25, 0.3) is 11.8 Å². The molecule has 0 atom stereocenters. The second-order valence-electron chi connectivity index (χ2n) is 12.9. The van der Waals surface area contributed by atoms with Gasteiger partial charge in [-0.1, -0.05) is 72.8 Å². The predicted molar refractivity (Wildman–Crippen MR) is 176 cm³/mol. The van der Waals surface area contributed by atoms with E-state index in [0.29, 0.717) is 17.7 Å². The van der Waals surface area contributed by atoms with Gasteiger partial charge in [0.05, 0.1) is 44.4 Å². The van der Waals surface area contributed by atoms with Crippen molar-refractivity contribution in [2.75, 3.05) is 53.4 Å². The minimum atomic E-state index is -0.365. The number of hydrogen-bond acceptors (Lipinski definition) is 5. The Morgan fingerprint density at radius 3 is 1.87 bits per heavy atom. The Hall–Kier alpha value is -4.01. The van der Waals surface area contributed by atoms with Crippen LogP contribution in [0.2, 0.25) is 0 Å². The summed E-state index contributed by atoms with van der Waals surface area (Å²) in [5, 5.41) is 3.09. The number of hydrogen-bond donors (Lipinski definition) is 1. The minimum Gasteiger partial charge on any atom is -0.446 e. The SMILES string of the molecule is C[N+](C)(CCCCCN1CCC(OC(=O)NC(c2ccccc2)c2ccccc2)CC1)CCCN1C(=O)c2ccccc2C1=O. The lowest BCUT2D eigenvalue weighted by atomic mass is 9.99. The first-order valence-corrected chi connectivity index (χ1v) is 16.4. The molecule has 3 aromatic carbocycles. The van der Waals surface area contributed by atoms with E-state index in [4.69, 9.17) is 4.74 Å². The average Bonchev–Trinajstić information content (AvgIpc) is 3.30. The predicted octanol–water partition coefficient (Wildman–Crippen LogP) is 5.90. The van der Waals surface area contributed by atoms with Crippen molar-refractivity contribution in [3.63, 3.8) is 0 Å². The second-order valence-corrected chi connectivity index (χ2v) is 12.9. The second kappa shape index (κ2) is 15.3. The fraction of sp³-hybridized carbons (Fsp3) is 0.432. The largest absolute Gasteiger partial charge is 0.446 e. The van der Waals surface area contributed by atoms with Gasteiger partial charge in [-0.2, -0.15) is 0 Å². The molecule has 0 aliphatic carbocycles. The summed E-state index contributed by atoms with van der Waals surface area (Å²) in [6, 6.07) is 26.8. The fourth-order valence-corrected chi connectivity index (χ4v) is 6.47. The van der Waals surface area contributed by atoms with E-state index in [1.807, 2.05) is 60.7 Å². The van der Waals surface area contributed by atoms with E-state index in [0.717, 1.165) is 80.4 Å². The quantitative estimate of drug-likeness (QED) is 0.140. The molecule has 8 nitrogen and oxygen atoms in total. The summed E-state index contributed by atoms with van der Waals surface area (Å²) >= 11 is 0. The van der Waals surface area contributed by atoms with Crippen molar-refractivity contribution in [1.82, 2.24) is 15.1 Å². The minimum absolute atomic E-state index is 0.0631. The number of imide groups is 1. The molecular formula is C37H47N4O4+. The number of carbonyl (C=O) groups is 3. The van der Waals surface area contributed by atoms with Gasteiger partial charge in [-0.25, -0.2) is 4.79 Å². The van der Waals surface area contributed by atoms with Gasteiger partial charge in [0.1, 0.15) is 6.10 Å². The van der Waals surface area contributed by atoms with Crippen LogP contribution >= 0.6 is 0 Å². The summed E-state index contributed by atoms with van der Waals surface area (Å²) in [5.41, 5.74) is 3.10. The molecule has 0 spiro atoms. The van der Waals surface area contributed by atoms with Gasteiger partial charge in [0, 0.05) is 26.1 Å². The average molecular weight is 612 g/mol. The molecule has 3 amide bonds. The van der Waals surface area contributed by atoms with Gasteiger partial charge < -0.3 is 19.4 Å². The van der Waals surface area contributed by atoms with E-state index in [-0.39, 0.29) is 30.1 Å². The molecule has 0 aromatic heterocycles. The molecular weight excluding hydrogens is 564 g/mol. The lowest BCUT2D eigenvalue weighted by Crippen LogP contribution is -2.43. The van der Waals surface area contributed by atoms with E-state index < -0.39 is 0 Å². The smallest absolute Gasteiger partial charge is 0.408 e. The van der Waals surface area contributed by atoms with Crippen molar-refractivity contribution >= 4 is 17.9 Å². The molecule has 2 aliphatic heterocycles. The number of amides is 3. The third-order valence-electron chi connectivity index (χ3n) is 9.10. The Labute approximate surface area is 267 Å². The molecule has 0 unspecified atom stereocenters. The maximum atomic E-state index is 12.9. The van der Waals surface area contributed by atoms with Crippen LogP contribution in [0, 0.1) is 0 Å². The highest BCUT2D eigenvalue weighted by molar-refractivity contribution is 6.21. The van der Waals surface area contributed by atoms with Gasteiger partial charge in [-0.05, 0) is 61.9 Å². The van der Waals surface area contributed by atoms with Crippen LogP contribution in [-0.2, 0) is 4.74 Å². The van der Waals surface area contributed by atoms with Crippen LogP contribution in [0.25, 0.3) is 0 Å². The van der Waals surface area contributed by atoms with Crippen molar-refractivity contribution in [3.8, 4) is 0 Å². The van der Waals surface area contributed by atoms with E-state index in [2.05, 4.69) is 24.3 Å². The number of alkyl carbamates (subject to hydrolysis) is 1. The maximum absolute atomic E-state index is 12.9. The standard InChI is InChI=1S/C37H46N4O4/c1-41(2,28-14-24-40-35(42)32-19-10-11-20-33(32)36(40)43)27-13-5-12-23-39-25-21-31(22-26-39)45-37(44)38-34(29-15-6-3-7-16-29)30-17-8-4-9-18-30/h3-4,6-11,15-20,31,34H,5,12-14,21-28H2,1-2H3/p+1. The number of likely N-dealkylation sites (tertiary alicyclic amines) is 1. The lowest BCUT2D eigenvalue weighted by Gasteiger charge is -2.32. The van der Waals surface area contributed by atoms with E-state index >= 15 is 0 Å². The van der Waals surface area contributed by atoms with Crippen LogP contribution in [0.4, 0.5) is 4.79 Å². The van der Waals surface area contributed by atoms with Crippen molar-refractivity contribution in [2.45, 2.75) is 50.7 Å². The Morgan fingerprint density at radius 2 is 1.29 bits per heavy atom. The molecule has 8 heteroatoms. The normalized spacial score (nSPS) is 15.8. The van der Waals surface area contributed by atoms with Crippen LogP contribution in [-0.4, -0.2) is 91.7 Å². The van der Waals surface area contributed by atoms with Crippen LogP contribution in [0.5, 0.6) is 0 Å². The third-order valence-corrected chi connectivity index (χ3v) is 9.10. The number of nitrogens with zero attached hydrogens (tertiary/aromatic N) is 3. The Bertz CT molecular complexity index is 1350. The summed E-state index contributed by atoms with van der Waals surface area (Å²) in [7, 11) is 4.45. The van der Waals surface area contributed by atoms with Gasteiger partial charge in [0.2, 0.25) is 0 Å². The topological polar surface area (TPSA) is 79.0 Å². The van der Waals surface area contributed by atoms with Crippen molar-refractivity contribution < 1.29 is 23.6 Å². The molecule has 1 fully saturated rings. The monoisotopic (exact) mass is 611 g/mol. The molecule has 2 aliphatic rings. The van der Waals surface area contributed by atoms with Crippen LogP contribution < -0.4 is 5.32 Å². The molecule has 2 heterocycles. The number of piperidine rings is 1. The Kier molecular flexibility index (Phi) is 11.0. The zero-order valence-electron chi connectivity index (χ0n) is 26.7. The third kappa shape index (κ3) is 8.80. The molecule has 1 saturated heterocycles. The molecule has 45 heavy (non-hydrogen) atoms. The zero-order valence-corrected chi connectivity index (χ0v) is 26.7. The molecule has 0 saturated carbocycles. The van der Waals surface area contributed by atoms with Gasteiger partial charge >= 0.3 is 6.09 Å².